The van der Waals surface area contributed by atoms with E-state index in [0.29, 0.717) is 23.6 Å². The molecule has 0 saturated heterocycles. The highest BCUT2D eigenvalue weighted by molar-refractivity contribution is 5.93. The van der Waals surface area contributed by atoms with Crippen LogP contribution in [-0.4, -0.2) is 31.3 Å². The van der Waals surface area contributed by atoms with Gasteiger partial charge in [0.1, 0.15) is 17.2 Å². The van der Waals surface area contributed by atoms with Gasteiger partial charge in [-0.15, -0.1) is 13.2 Å². The average molecular weight is 354 g/mol. The van der Waals surface area contributed by atoms with E-state index in [1.165, 1.54) is 18.2 Å². The number of alkyl halides is 3. The van der Waals surface area contributed by atoms with E-state index in [1.54, 1.807) is 12.1 Å². The lowest BCUT2D eigenvalue weighted by atomic mass is 10.1. The molecule has 134 valence electrons. The predicted molar refractivity (Wildman–Crippen MR) is 85.5 cm³/mol. The monoisotopic (exact) mass is 354 g/mol. The van der Waals surface area contributed by atoms with Gasteiger partial charge in [0.2, 0.25) is 5.91 Å². The lowest BCUT2D eigenvalue weighted by Crippen LogP contribution is -2.17. The Balaban J connectivity index is 2.22. The van der Waals surface area contributed by atoms with E-state index in [9.17, 15) is 18.0 Å². The van der Waals surface area contributed by atoms with E-state index in [0.717, 1.165) is 17.7 Å². The molecular formula is C17H17F3N2O3. The van der Waals surface area contributed by atoms with Gasteiger partial charge in [0.05, 0.1) is 0 Å². The van der Waals surface area contributed by atoms with E-state index in [1.807, 2.05) is 19.0 Å². The van der Waals surface area contributed by atoms with Crippen molar-refractivity contribution in [2.24, 2.45) is 5.73 Å². The first-order chi connectivity index (χ1) is 11.6. The number of nitrogens with two attached hydrogens (primary N) is 1. The number of amides is 1. The molecule has 0 bridgehead atoms. The van der Waals surface area contributed by atoms with E-state index in [4.69, 9.17) is 10.5 Å². The molecule has 0 aliphatic heterocycles. The van der Waals surface area contributed by atoms with Crippen molar-refractivity contribution in [3.05, 3.63) is 53.6 Å². The molecule has 0 aliphatic rings. The van der Waals surface area contributed by atoms with Gasteiger partial charge in [0.15, 0.2) is 0 Å². The summed E-state index contributed by atoms with van der Waals surface area (Å²) in [7, 11) is 3.70. The first-order valence-corrected chi connectivity index (χ1v) is 7.25. The number of hydrogen-bond acceptors (Lipinski definition) is 4. The minimum absolute atomic E-state index is 0.335. The first kappa shape index (κ1) is 18.6. The Morgan fingerprint density at radius 1 is 1.08 bits per heavy atom. The molecule has 5 nitrogen and oxygen atoms in total. The van der Waals surface area contributed by atoms with Gasteiger partial charge in [0.25, 0.3) is 0 Å². The number of carbonyl (C=O) groups is 1. The summed E-state index contributed by atoms with van der Waals surface area (Å²) in [5, 5.41) is 0. The number of nitrogens with zero attached hydrogens (tertiary/aromatic N) is 1. The maximum absolute atomic E-state index is 12.2. The van der Waals surface area contributed by atoms with Gasteiger partial charge in [-0.05, 0) is 56.6 Å². The second-order valence-electron chi connectivity index (χ2n) is 5.55. The summed E-state index contributed by atoms with van der Waals surface area (Å²) in [5.41, 5.74) is 6.35. The van der Waals surface area contributed by atoms with Crippen LogP contribution in [0.4, 0.5) is 13.2 Å². The standard InChI is InChI=1S/C17H17F3N2O3/c1-22(2)10-12-9-11(16(21)23)3-8-15(12)24-13-4-6-14(7-5-13)25-17(18,19)20/h3-9H,10H2,1-2H3,(H2,21,23). The predicted octanol–water partition coefficient (Wildman–Crippen LogP) is 3.54. The Bertz CT molecular complexity index is 744. The summed E-state index contributed by atoms with van der Waals surface area (Å²) in [4.78, 5) is 13.2. The molecule has 0 saturated carbocycles. The largest absolute Gasteiger partial charge is 0.573 e. The number of rotatable bonds is 6. The Morgan fingerprint density at radius 2 is 1.68 bits per heavy atom. The fourth-order valence-electron chi connectivity index (χ4n) is 2.13. The Hall–Kier alpha value is -2.74. The van der Waals surface area contributed by atoms with E-state index >= 15 is 0 Å². The summed E-state index contributed by atoms with van der Waals surface area (Å²) < 4.78 is 46.0. The van der Waals surface area contributed by atoms with Crippen molar-refractivity contribution in [1.82, 2.24) is 4.90 Å². The molecule has 0 spiro atoms. The van der Waals surface area contributed by atoms with Crippen LogP contribution >= 0.6 is 0 Å². The van der Waals surface area contributed by atoms with Crippen LogP contribution in [0, 0.1) is 0 Å². The van der Waals surface area contributed by atoms with E-state index in [2.05, 4.69) is 4.74 Å². The van der Waals surface area contributed by atoms with Crippen LogP contribution in [0.2, 0.25) is 0 Å². The molecule has 0 radical (unpaired) electrons. The number of ether oxygens (including phenoxy) is 2. The van der Waals surface area contributed by atoms with Crippen LogP contribution in [0.1, 0.15) is 15.9 Å². The average Bonchev–Trinajstić information content (AvgIpc) is 2.48. The van der Waals surface area contributed by atoms with Crippen LogP contribution in [0.5, 0.6) is 17.2 Å². The highest BCUT2D eigenvalue weighted by Crippen LogP contribution is 2.30. The lowest BCUT2D eigenvalue weighted by molar-refractivity contribution is -0.274. The third-order valence-corrected chi connectivity index (χ3v) is 3.12. The molecule has 0 fully saturated rings. The van der Waals surface area contributed by atoms with Gasteiger partial charge in [-0.1, -0.05) is 0 Å². The zero-order valence-corrected chi connectivity index (χ0v) is 13.6. The molecule has 0 aliphatic carbocycles. The number of benzene rings is 2. The summed E-state index contributed by atoms with van der Waals surface area (Å²) in [6.07, 6.45) is -4.74. The van der Waals surface area contributed by atoms with Crippen molar-refractivity contribution in [2.45, 2.75) is 12.9 Å². The minimum atomic E-state index is -4.74. The summed E-state index contributed by atoms with van der Waals surface area (Å²) in [6, 6.07) is 9.79. The van der Waals surface area contributed by atoms with Crippen molar-refractivity contribution < 1.29 is 27.4 Å². The molecule has 0 atom stereocenters. The highest BCUT2D eigenvalue weighted by atomic mass is 19.4. The topological polar surface area (TPSA) is 64.8 Å². The molecule has 2 rings (SSSR count). The number of primary amides is 1. The second kappa shape index (κ2) is 7.43. The van der Waals surface area contributed by atoms with Crippen LogP contribution in [0.25, 0.3) is 0 Å². The molecule has 8 heteroatoms. The molecule has 2 N–H and O–H groups in total. The minimum Gasteiger partial charge on any atom is -0.457 e. The summed E-state index contributed by atoms with van der Waals surface area (Å²) >= 11 is 0. The van der Waals surface area contributed by atoms with Crippen molar-refractivity contribution in [2.75, 3.05) is 14.1 Å². The first-order valence-electron chi connectivity index (χ1n) is 7.25. The molecular weight excluding hydrogens is 337 g/mol. The zero-order chi connectivity index (χ0) is 18.6. The molecule has 2 aromatic rings. The Kier molecular flexibility index (Phi) is 5.53. The van der Waals surface area contributed by atoms with Crippen molar-refractivity contribution >= 4 is 5.91 Å². The second-order valence-corrected chi connectivity index (χ2v) is 5.55. The maximum Gasteiger partial charge on any atom is 0.573 e. The molecule has 25 heavy (non-hydrogen) atoms. The summed E-state index contributed by atoms with van der Waals surface area (Å²) in [5.74, 6) is -0.0813. The Morgan fingerprint density at radius 3 is 2.20 bits per heavy atom. The summed E-state index contributed by atoms with van der Waals surface area (Å²) in [6.45, 7) is 0.492. The van der Waals surface area contributed by atoms with Gasteiger partial charge >= 0.3 is 6.36 Å². The Labute approximate surface area is 142 Å². The molecule has 0 unspecified atom stereocenters. The number of hydrogen-bond donors (Lipinski definition) is 1. The zero-order valence-electron chi connectivity index (χ0n) is 13.6. The fourth-order valence-corrected chi connectivity index (χ4v) is 2.13. The van der Waals surface area contributed by atoms with Crippen molar-refractivity contribution in [3.8, 4) is 17.2 Å². The SMILES string of the molecule is CN(C)Cc1cc(C(N)=O)ccc1Oc1ccc(OC(F)(F)F)cc1. The van der Waals surface area contributed by atoms with Crippen LogP contribution < -0.4 is 15.2 Å². The van der Waals surface area contributed by atoms with E-state index in [-0.39, 0.29) is 5.75 Å². The lowest BCUT2D eigenvalue weighted by Gasteiger charge is -2.16. The third kappa shape index (κ3) is 5.68. The maximum atomic E-state index is 12.2. The highest BCUT2D eigenvalue weighted by Gasteiger charge is 2.31. The quantitative estimate of drug-likeness (QED) is 0.862. The van der Waals surface area contributed by atoms with E-state index < -0.39 is 12.3 Å². The van der Waals surface area contributed by atoms with Crippen LogP contribution in [0.15, 0.2) is 42.5 Å². The van der Waals surface area contributed by atoms with Crippen molar-refractivity contribution in [1.29, 1.82) is 0 Å². The van der Waals surface area contributed by atoms with Crippen LogP contribution in [-0.2, 0) is 6.54 Å². The third-order valence-electron chi connectivity index (χ3n) is 3.12. The number of carbonyl (C=O) groups excluding carboxylic acids is 1. The normalized spacial score (nSPS) is 11.4. The van der Waals surface area contributed by atoms with Gasteiger partial charge in [-0.3, -0.25) is 4.79 Å². The fraction of sp³-hybridized carbons (Fsp3) is 0.235. The van der Waals surface area contributed by atoms with Gasteiger partial charge in [-0.25, -0.2) is 0 Å². The van der Waals surface area contributed by atoms with Gasteiger partial charge < -0.3 is 20.1 Å². The smallest absolute Gasteiger partial charge is 0.457 e. The van der Waals surface area contributed by atoms with Gasteiger partial charge in [-0.2, -0.15) is 0 Å². The van der Waals surface area contributed by atoms with Gasteiger partial charge in [0, 0.05) is 17.7 Å². The molecule has 0 aromatic heterocycles. The molecule has 2 aromatic carbocycles. The molecule has 1 amide bonds. The molecule has 0 heterocycles. The van der Waals surface area contributed by atoms with Crippen LogP contribution in [0.3, 0.4) is 0 Å². The number of halogens is 3. The van der Waals surface area contributed by atoms with Crippen molar-refractivity contribution in [3.63, 3.8) is 0 Å².